The number of ether oxygens (including phenoxy) is 3. The molecule has 6 heteroatoms. The quantitative estimate of drug-likeness (QED) is 0.743. The predicted molar refractivity (Wildman–Crippen MR) is 81.8 cm³/mol. The van der Waals surface area contributed by atoms with Gasteiger partial charge in [0.25, 0.3) is 0 Å². The second-order valence-corrected chi connectivity index (χ2v) is 6.76. The Balaban J connectivity index is 1.96. The van der Waals surface area contributed by atoms with Gasteiger partial charge < -0.3 is 19.9 Å². The van der Waals surface area contributed by atoms with Crippen molar-refractivity contribution >= 4 is 11.8 Å². The van der Waals surface area contributed by atoms with Crippen molar-refractivity contribution in [2.75, 3.05) is 32.1 Å². The molecule has 1 saturated heterocycles. The Hall–Kier alpha value is -1.95. The summed E-state index contributed by atoms with van der Waals surface area (Å²) in [6.45, 7) is 7.29. The van der Waals surface area contributed by atoms with Crippen LogP contribution >= 0.6 is 0 Å². The zero-order chi connectivity index (χ0) is 16.0. The maximum absolute atomic E-state index is 12.6. The summed E-state index contributed by atoms with van der Waals surface area (Å²) in [6.07, 6.45) is -0.343. The van der Waals surface area contributed by atoms with E-state index in [0.29, 0.717) is 37.8 Å². The third-order valence-corrected chi connectivity index (χ3v) is 3.90. The minimum atomic E-state index is -0.635. The molecule has 0 bridgehead atoms. The molecule has 0 aliphatic carbocycles. The van der Waals surface area contributed by atoms with Gasteiger partial charge in [-0.05, 0) is 26.8 Å². The Kier molecular flexibility index (Phi) is 3.44. The topological polar surface area (TPSA) is 74.0 Å². The smallest absolute Gasteiger partial charge is 0.411 e. The van der Waals surface area contributed by atoms with Crippen molar-refractivity contribution in [3.8, 4) is 5.75 Å². The largest absolute Gasteiger partial charge is 0.490 e. The third-order valence-electron chi connectivity index (χ3n) is 3.90. The van der Waals surface area contributed by atoms with Crippen molar-refractivity contribution in [3.63, 3.8) is 0 Å². The van der Waals surface area contributed by atoms with Crippen LogP contribution in [0, 0.1) is 0 Å². The second kappa shape index (κ2) is 5.05. The summed E-state index contributed by atoms with van der Waals surface area (Å²) < 4.78 is 17.0. The lowest BCUT2D eigenvalue weighted by Gasteiger charge is -2.43. The van der Waals surface area contributed by atoms with Crippen LogP contribution in [0.1, 0.15) is 26.3 Å². The molecule has 6 nitrogen and oxygen atoms in total. The van der Waals surface area contributed by atoms with Gasteiger partial charge in [0.15, 0.2) is 0 Å². The molecule has 1 amide bonds. The summed E-state index contributed by atoms with van der Waals surface area (Å²) in [5.41, 5.74) is 6.19. The van der Waals surface area contributed by atoms with Gasteiger partial charge in [-0.15, -0.1) is 0 Å². The van der Waals surface area contributed by atoms with Crippen molar-refractivity contribution in [2.24, 2.45) is 0 Å². The lowest BCUT2D eigenvalue weighted by atomic mass is 9.90. The van der Waals surface area contributed by atoms with Crippen LogP contribution in [0.15, 0.2) is 18.2 Å². The highest BCUT2D eigenvalue weighted by molar-refractivity contribution is 5.71. The summed E-state index contributed by atoms with van der Waals surface area (Å²) in [4.78, 5) is 14.3. The van der Waals surface area contributed by atoms with E-state index in [2.05, 4.69) is 0 Å². The van der Waals surface area contributed by atoms with Crippen molar-refractivity contribution < 1.29 is 19.0 Å². The molecule has 22 heavy (non-hydrogen) atoms. The fraction of sp³-hybridized carbons (Fsp3) is 0.562. The number of hydrogen-bond acceptors (Lipinski definition) is 5. The number of nitrogens with two attached hydrogens (primary N) is 1. The lowest BCUT2D eigenvalue weighted by molar-refractivity contribution is -0.0833. The van der Waals surface area contributed by atoms with Crippen LogP contribution in [-0.4, -0.2) is 43.0 Å². The molecule has 3 rings (SSSR count). The summed E-state index contributed by atoms with van der Waals surface area (Å²) in [7, 11) is 0. The van der Waals surface area contributed by atoms with Crippen LogP contribution in [0.2, 0.25) is 0 Å². The van der Waals surface area contributed by atoms with Gasteiger partial charge in [-0.25, -0.2) is 4.79 Å². The van der Waals surface area contributed by atoms with Crippen molar-refractivity contribution in [1.82, 2.24) is 4.90 Å². The van der Waals surface area contributed by atoms with E-state index in [9.17, 15) is 4.79 Å². The maximum atomic E-state index is 12.6. The Labute approximate surface area is 130 Å². The molecule has 2 aliphatic rings. The first-order valence-corrected chi connectivity index (χ1v) is 7.43. The lowest BCUT2D eigenvalue weighted by Crippen LogP contribution is -2.58. The number of carbonyl (C=O) groups excluding carboxylic acids is 1. The standard InChI is InChI=1S/C16H22N2O4/c1-15(2,3)22-14(19)18-6-7-20-9-16(18)10-21-13-8-11(17)4-5-12(13)16/h4-5,8H,6-7,9-10,17H2,1-3H3/t16-/m0/s1. The summed E-state index contributed by atoms with van der Waals surface area (Å²) in [5, 5.41) is 0. The van der Waals surface area contributed by atoms with Crippen LogP contribution in [0.4, 0.5) is 10.5 Å². The zero-order valence-corrected chi connectivity index (χ0v) is 13.2. The van der Waals surface area contributed by atoms with E-state index < -0.39 is 11.1 Å². The van der Waals surface area contributed by atoms with E-state index in [1.54, 1.807) is 11.0 Å². The number of benzene rings is 1. The Morgan fingerprint density at radius 2 is 2.14 bits per heavy atom. The zero-order valence-electron chi connectivity index (χ0n) is 13.2. The van der Waals surface area contributed by atoms with E-state index in [1.807, 2.05) is 32.9 Å². The van der Waals surface area contributed by atoms with E-state index in [-0.39, 0.29) is 6.09 Å². The van der Waals surface area contributed by atoms with E-state index in [1.165, 1.54) is 0 Å². The van der Waals surface area contributed by atoms with Crippen LogP contribution < -0.4 is 10.5 Å². The second-order valence-electron chi connectivity index (χ2n) is 6.76. The average molecular weight is 306 g/mol. The molecular weight excluding hydrogens is 284 g/mol. The monoisotopic (exact) mass is 306 g/mol. The van der Waals surface area contributed by atoms with Gasteiger partial charge >= 0.3 is 6.09 Å². The summed E-state index contributed by atoms with van der Waals surface area (Å²) in [5.74, 6) is 0.707. The number of hydrogen-bond donors (Lipinski definition) is 1. The fourth-order valence-electron chi connectivity index (χ4n) is 2.93. The van der Waals surface area contributed by atoms with Gasteiger partial charge in [0.05, 0.1) is 13.2 Å². The number of rotatable bonds is 0. The molecule has 120 valence electrons. The average Bonchev–Trinajstić information content (AvgIpc) is 2.76. The fourth-order valence-corrected chi connectivity index (χ4v) is 2.93. The normalized spacial score (nSPS) is 24.0. The van der Waals surface area contributed by atoms with Crippen LogP contribution in [0.5, 0.6) is 5.75 Å². The molecule has 1 fully saturated rings. The van der Waals surface area contributed by atoms with E-state index in [4.69, 9.17) is 19.9 Å². The molecule has 1 aromatic rings. The molecule has 0 radical (unpaired) electrons. The summed E-state index contributed by atoms with van der Waals surface area (Å²) >= 11 is 0. The van der Waals surface area contributed by atoms with Gasteiger partial charge in [0.2, 0.25) is 0 Å². The molecule has 0 aromatic heterocycles. The molecule has 1 spiro atoms. The van der Waals surface area contributed by atoms with Gasteiger partial charge in [0, 0.05) is 23.9 Å². The highest BCUT2D eigenvalue weighted by Crippen LogP contribution is 2.44. The van der Waals surface area contributed by atoms with E-state index >= 15 is 0 Å². The molecule has 1 atom stereocenters. The van der Waals surface area contributed by atoms with Gasteiger partial charge in [-0.3, -0.25) is 4.90 Å². The molecule has 2 heterocycles. The number of amides is 1. The highest BCUT2D eigenvalue weighted by Gasteiger charge is 2.51. The van der Waals surface area contributed by atoms with Crippen molar-refractivity contribution in [3.05, 3.63) is 23.8 Å². The van der Waals surface area contributed by atoms with Gasteiger partial charge in [-0.1, -0.05) is 6.07 Å². The van der Waals surface area contributed by atoms with Crippen LogP contribution in [0.3, 0.4) is 0 Å². The third kappa shape index (κ3) is 2.47. The predicted octanol–water partition coefficient (Wildman–Crippen LogP) is 2.12. The maximum Gasteiger partial charge on any atom is 0.411 e. The Morgan fingerprint density at radius 1 is 1.36 bits per heavy atom. The van der Waals surface area contributed by atoms with E-state index in [0.717, 1.165) is 5.56 Å². The summed E-state index contributed by atoms with van der Waals surface area (Å²) in [6, 6.07) is 5.51. The first kappa shape index (κ1) is 15.0. The molecule has 0 saturated carbocycles. The first-order valence-electron chi connectivity index (χ1n) is 7.43. The number of fused-ring (bicyclic) bond motifs is 2. The SMILES string of the molecule is CC(C)(C)OC(=O)N1CCOC[C@@]12COc1cc(N)ccc12. The highest BCUT2D eigenvalue weighted by atomic mass is 16.6. The molecule has 1 aromatic carbocycles. The molecule has 2 N–H and O–H groups in total. The Bertz CT molecular complexity index is 596. The van der Waals surface area contributed by atoms with Gasteiger partial charge in [-0.2, -0.15) is 0 Å². The molecule has 0 unspecified atom stereocenters. The first-order chi connectivity index (χ1) is 10.3. The van der Waals surface area contributed by atoms with Gasteiger partial charge in [0.1, 0.15) is 23.5 Å². The molecule has 2 aliphatic heterocycles. The number of anilines is 1. The number of nitrogen functional groups attached to an aromatic ring is 1. The van der Waals surface area contributed by atoms with Crippen molar-refractivity contribution in [2.45, 2.75) is 31.9 Å². The number of morpholine rings is 1. The Morgan fingerprint density at radius 3 is 2.86 bits per heavy atom. The molecular formula is C16H22N2O4. The van der Waals surface area contributed by atoms with Crippen LogP contribution in [0.25, 0.3) is 0 Å². The number of carbonyl (C=O) groups is 1. The minimum Gasteiger partial charge on any atom is -0.490 e. The van der Waals surface area contributed by atoms with Crippen LogP contribution in [-0.2, 0) is 15.0 Å². The van der Waals surface area contributed by atoms with Crippen molar-refractivity contribution in [1.29, 1.82) is 0 Å². The number of nitrogens with zero attached hydrogens (tertiary/aromatic N) is 1. The minimum absolute atomic E-state index is 0.343.